The lowest BCUT2D eigenvalue weighted by atomic mass is 9.71. The Hall–Kier alpha value is -4.94. The molecule has 0 radical (unpaired) electrons. The Morgan fingerprint density at radius 2 is 1.58 bits per heavy atom. The number of fused-ring (bicyclic) bond motifs is 6. The highest BCUT2D eigenvalue weighted by Gasteiger charge is 2.47. The van der Waals surface area contributed by atoms with E-state index in [0.29, 0.717) is 22.6 Å². The summed E-state index contributed by atoms with van der Waals surface area (Å²) in [7, 11) is 0. The minimum absolute atomic E-state index is 0.136. The Balaban J connectivity index is 1.56. The molecule has 0 amide bonds. The molecule has 182 valence electrons. The first kappa shape index (κ1) is 23.5. The smallest absolute Gasteiger partial charge is 0.204 e. The first-order valence-corrected chi connectivity index (χ1v) is 12.1. The number of aliphatic imine (C=N–C) groups is 2. The van der Waals surface area contributed by atoms with Gasteiger partial charge in [0, 0.05) is 28.0 Å². The number of hydrogen-bond acceptors (Lipinski definition) is 4. The van der Waals surface area contributed by atoms with Crippen molar-refractivity contribution >= 4 is 11.4 Å². The second-order valence-electron chi connectivity index (χ2n) is 9.99. The average Bonchev–Trinajstić information content (AvgIpc) is 3.33. The van der Waals surface area contributed by atoms with Gasteiger partial charge in [-0.15, -0.1) is 0 Å². The van der Waals surface area contributed by atoms with E-state index in [2.05, 4.69) is 47.8 Å². The predicted octanol–water partition coefficient (Wildman–Crippen LogP) is 7.16. The highest BCUT2D eigenvalue weighted by molar-refractivity contribution is 6.26. The molecular formula is C32H20F2N4. The molecule has 0 aromatic heterocycles. The molecule has 2 atom stereocenters. The van der Waals surface area contributed by atoms with Gasteiger partial charge in [0.2, 0.25) is 12.4 Å². The summed E-state index contributed by atoms with van der Waals surface area (Å²) >= 11 is 0. The van der Waals surface area contributed by atoms with Crippen LogP contribution in [0.2, 0.25) is 0 Å². The second kappa shape index (κ2) is 8.30. The molecule has 0 aliphatic heterocycles. The van der Waals surface area contributed by atoms with Crippen LogP contribution in [0.25, 0.3) is 22.3 Å². The maximum atomic E-state index is 13.9. The first-order chi connectivity index (χ1) is 18.3. The van der Waals surface area contributed by atoms with Crippen molar-refractivity contribution < 1.29 is 8.78 Å². The second-order valence-corrected chi connectivity index (χ2v) is 9.99. The van der Waals surface area contributed by atoms with Gasteiger partial charge in [0.15, 0.2) is 11.6 Å². The molecule has 3 aromatic rings. The molecule has 6 heteroatoms. The van der Waals surface area contributed by atoms with E-state index in [0.717, 1.165) is 56.7 Å². The van der Waals surface area contributed by atoms with Crippen molar-refractivity contribution in [1.82, 2.24) is 0 Å². The van der Waals surface area contributed by atoms with Gasteiger partial charge in [-0.1, -0.05) is 55.5 Å². The Morgan fingerprint density at radius 1 is 0.868 bits per heavy atom. The fraction of sp³-hybridized carbons (Fsp3) is 0.125. The summed E-state index contributed by atoms with van der Waals surface area (Å²) in [4.78, 5) is 8.44. The lowest BCUT2D eigenvalue weighted by Gasteiger charge is -2.31. The van der Waals surface area contributed by atoms with Crippen molar-refractivity contribution in [3.63, 3.8) is 0 Å². The molecule has 0 saturated carbocycles. The Kier molecular flexibility index (Phi) is 5.12. The van der Waals surface area contributed by atoms with Crippen molar-refractivity contribution in [3.8, 4) is 34.6 Å². The zero-order valence-electron chi connectivity index (χ0n) is 20.7. The number of rotatable bonds is 2. The van der Waals surface area contributed by atoms with Crippen LogP contribution in [-0.2, 0) is 5.41 Å². The Bertz CT molecular complexity index is 1810. The van der Waals surface area contributed by atoms with Gasteiger partial charge < -0.3 is 0 Å². The number of nitrogens with zero attached hydrogens (tertiary/aromatic N) is 4. The van der Waals surface area contributed by atoms with E-state index in [9.17, 15) is 19.3 Å². The molecule has 2 unspecified atom stereocenters. The van der Waals surface area contributed by atoms with Crippen molar-refractivity contribution in [2.24, 2.45) is 15.9 Å². The van der Waals surface area contributed by atoms with E-state index >= 15 is 0 Å². The first-order valence-electron chi connectivity index (χ1n) is 12.1. The SMILES string of the molecule is C=C(C)C1=CC2C(=NC#N)c3cc4c(cc3C2(C)C=C1)C(=NC#N)c1cc(-c2ccc(F)c(F)c2)ccc1-4. The minimum atomic E-state index is -0.926. The van der Waals surface area contributed by atoms with Crippen LogP contribution in [0.5, 0.6) is 0 Å². The van der Waals surface area contributed by atoms with Gasteiger partial charge in [0.25, 0.3) is 0 Å². The number of hydrogen-bond donors (Lipinski definition) is 0. The molecule has 0 fully saturated rings. The van der Waals surface area contributed by atoms with Crippen molar-refractivity contribution in [2.45, 2.75) is 19.3 Å². The van der Waals surface area contributed by atoms with Gasteiger partial charge in [0.1, 0.15) is 0 Å². The zero-order valence-corrected chi connectivity index (χ0v) is 20.7. The maximum absolute atomic E-state index is 13.9. The number of halogens is 2. The number of benzene rings is 3. The van der Waals surface area contributed by atoms with Gasteiger partial charge in [-0.3, -0.25) is 0 Å². The molecule has 0 saturated heterocycles. The Morgan fingerprint density at radius 3 is 2.29 bits per heavy atom. The van der Waals surface area contributed by atoms with Crippen molar-refractivity contribution in [2.75, 3.05) is 0 Å². The predicted molar refractivity (Wildman–Crippen MR) is 144 cm³/mol. The third-order valence-electron chi connectivity index (χ3n) is 7.81. The molecule has 3 aliphatic carbocycles. The van der Waals surface area contributed by atoms with E-state index in [1.54, 1.807) is 0 Å². The van der Waals surface area contributed by atoms with E-state index in [1.165, 1.54) is 6.07 Å². The van der Waals surface area contributed by atoms with Crippen LogP contribution < -0.4 is 0 Å². The molecule has 38 heavy (non-hydrogen) atoms. The zero-order chi connectivity index (χ0) is 26.8. The fourth-order valence-corrected chi connectivity index (χ4v) is 5.85. The largest absolute Gasteiger partial charge is 0.206 e. The molecule has 0 N–H and O–H groups in total. The quantitative estimate of drug-likeness (QED) is 0.275. The highest BCUT2D eigenvalue weighted by Crippen LogP contribution is 2.51. The lowest BCUT2D eigenvalue weighted by Crippen LogP contribution is -2.29. The van der Waals surface area contributed by atoms with E-state index in [-0.39, 0.29) is 5.92 Å². The average molecular weight is 499 g/mol. The molecule has 0 heterocycles. The molecule has 0 spiro atoms. The lowest BCUT2D eigenvalue weighted by molar-refractivity contribution is 0.509. The third-order valence-corrected chi connectivity index (χ3v) is 7.81. The van der Waals surface area contributed by atoms with Gasteiger partial charge in [-0.25, -0.2) is 8.78 Å². The molecule has 6 rings (SSSR count). The molecule has 3 aromatic carbocycles. The maximum Gasteiger partial charge on any atom is 0.206 e. The third kappa shape index (κ3) is 3.24. The summed E-state index contributed by atoms with van der Waals surface area (Å²) in [5, 5.41) is 19.1. The summed E-state index contributed by atoms with van der Waals surface area (Å²) in [5.41, 5.74) is 9.11. The standard InChI is InChI=1S/C32H20F2N4/c1-17(2)18-8-9-32(3)26-14-24-22(13-25(26)31(38-16-36)27(32)11-18)21-6-4-19(10-23(21)30(24)37-15-35)20-5-7-28(33)29(34)12-20/h4-14,27H,1H2,2-3H3. The topological polar surface area (TPSA) is 72.3 Å². The van der Waals surface area contributed by atoms with Crippen molar-refractivity contribution in [1.29, 1.82) is 10.5 Å². The molecular weight excluding hydrogens is 478 g/mol. The van der Waals surface area contributed by atoms with Crippen LogP contribution in [0, 0.1) is 40.5 Å². The van der Waals surface area contributed by atoms with Crippen LogP contribution in [-0.4, -0.2) is 11.4 Å². The summed E-state index contributed by atoms with van der Waals surface area (Å²) < 4.78 is 27.4. The van der Waals surface area contributed by atoms with Gasteiger partial charge >= 0.3 is 0 Å². The van der Waals surface area contributed by atoms with Gasteiger partial charge in [0.05, 0.1) is 11.4 Å². The van der Waals surface area contributed by atoms with Gasteiger partial charge in [-0.05, 0) is 70.6 Å². The minimum Gasteiger partial charge on any atom is -0.204 e. The molecule has 3 aliphatic rings. The molecule has 4 nitrogen and oxygen atoms in total. The summed E-state index contributed by atoms with van der Waals surface area (Å²) in [6.07, 6.45) is 10.2. The van der Waals surface area contributed by atoms with Crippen LogP contribution in [0.3, 0.4) is 0 Å². The van der Waals surface area contributed by atoms with Crippen LogP contribution in [0.1, 0.15) is 36.1 Å². The van der Waals surface area contributed by atoms with Crippen LogP contribution >= 0.6 is 0 Å². The van der Waals surface area contributed by atoms with Crippen LogP contribution in [0.4, 0.5) is 8.78 Å². The summed E-state index contributed by atoms with van der Waals surface area (Å²) in [6, 6.07) is 13.4. The van der Waals surface area contributed by atoms with Crippen molar-refractivity contribution in [3.05, 3.63) is 118 Å². The summed E-state index contributed by atoms with van der Waals surface area (Å²) in [6.45, 7) is 8.14. The van der Waals surface area contributed by atoms with E-state index in [4.69, 9.17) is 0 Å². The Labute approximate surface area is 218 Å². The highest BCUT2D eigenvalue weighted by atomic mass is 19.2. The van der Waals surface area contributed by atoms with Crippen LogP contribution in [0.15, 0.2) is 94.5 Å². The number of nitriles is 2. The number of allylic oxidation sites excluding steroid dienone is 5. The molecule has 0 bridgehead atoms. The monoisotopic (exact) mass is 498 g/mol. The van der Waals surface area contributed by atoms with Gasteiger partial charge in [-0.2, -0.15) is 20.5 Å². The van der Waals surface area contributed by atoms with E-state index in [1.807, 2.05) is 43.6 Å². The summed E-state index contributed by atoms with van der Waals surface area (Å²) in [5.74, 6) is -1.97. The normalized spacial score (nSPS) is 22.3. The van der Waals surface area contributed by atoms with E-state index < -0.39 is 17.0 Å². The fourth-order valence-electron chi connectivity index (χ4n) is 5.85.